The summed E-state index contributed by atoms with van der Waals surface area (Å²) in [5, 5.41) is 0. The molecule has 1 nitrogen and oxygen atoms in total. The third kappa shape index (κ3) is 3.87. The summed E-state index contributed by atoms with van der Waals surface area (Å²) in [7, 11) is 0. The van der Waals surface area contributed by atoms with E-state index in [9.17, 15) is 13.2 Å². The second kappa shape index (κ2) is 6.07. The monoisotopic (exact) mass is 250 g/mol. The molecule has 100 valence electrons. The molecule has 0 aromatic heterocycles. The topological polar surface area (TPSA) is 9.23 Å². The van der Waals surface area contributed by atoms with Crippen LogP contribution in [-0.4, -0.2) is 18.9 Å². The van der Waals surface area contributed by atoms with Crippen LogP contribution < -0.4 is 0 Å². The lowest BCUT2D eigenvalue weighted by Gasteiger charge is -2.36. The van der Waals surface area contributed by atoms with Crippen molar-refractivity contribution in [3.05, 3.63) is 0 Å². The van der Waals surface area contributed by atoms with Crippen LogP contribution >= 0.6 is 0 Å². The molecular formula is C13H21F3O. The fraction of sp³-hybridized carbons (Fsp3) is 1.00. The molecule has 0 atom stereocenters. The third-order valence-electron chi connectivity index (χ3n) is 4.38. The molecule has 0 aliphatic heterocycles. The van der Waals surface area contributed by atoms with Crippen molar-refractivity contribution >= 4 is 0 Å². The zero-order chi connectivity index (χ0) is 12.3. The maximum Gasteiger partial charge on any atom is 0.345 e. The molecule has 2 aliphatic carbocycles. The highest BCUT2D eigenvalue weighted by Crippen LogP contribution is 2.39. The SMILES string of the molecule is FC1CCC(C2CCC(OC(F)F)CC2)CC1. The van der Waals surface area contributed by atoms with Crippen molar-refractivity contribution in [1.82, 2.24) is 0 Å². The molecule has 17 heavy (non-hydrogen) atoms. The first kappa shape index (κ1) is 13.2. The van der Waals surface area contributed by atoms with E-state index in [-0.39, 0.29) is 6.10 Å². The molecule has 0 aromatic rings. The highest BCUT2D eigenvalue weighted by molar-refractivity contribution is 4.82. The minimum absolute atomic E-state index is 0.260. The largest absolute Gasteiger partial charge is 0.345 e. The van der Waals surface area contributed by atoms with Gasteiger partial charge in [-0.2, -0.15) is 8.78 Å². The van der Waals surface area contributed by atoms with Crippen LogP contribution in [0.5, 0.6) is 0 Å². The van der Waals surface area contributed by atoms with E-state index in [1.54, 1.807) is 0 Å². The second-order valence-electron chi connectivity index (χ2n) is 5.45. The predicted octanol–water partition coefficient (Wildman–Crippen LogP) is 4.31. The van der Waals surface area contributed by atoms with E-state index in [0.29, 0.717) is 24.7 Å². The molecule has 0 saturated heterocycles. The number of halogens is 3. The minimum Gasteiger partial charge on any atom is -0.320 e. The molecule has 0 aromatic carbocycles. The molecule has 2 fully saturated rings. The Morgan fingerprint density at radius 2 is 1.24 bits per heavy atom. The molecule has 0 bridgehead atoms. The van der Waals surface area contributed by atoms with Crippen LogP contribution in [0.25, 0.3) is 0 Å². The Hall–Kier alpha value is -0.250. The van der Waals surface area contributed by atoms with Crippen molar-refractivity contribution in [3.63, 3.8) is 0 Å². The van der Waals surface area contributed by atoms with Gasteiger partial charge in [0.25, 0.3) is 0 Å². The Bertz CT molecular complexity index is 219. The smallest absolute Gasteiger partial charge is 0.320 e. The van der Waals surface area contributed by atoms with Crippen molar-refractivity contribution in [1.29, 1.82) is 0 Å². The van der Waals surface area contributed by atoms with E-state index in [1.807, 2.05) is 0 Å². The molecule has 2 aliphatic rings. The first-order valence-corrected chi connectivity index (χ1v) is 6.73. The Kier molecular flexibility index (Phi) is 4.71. The number of rotatable bonds is 3. The van der Waals surface area contributed by atoms with E-state index in [2.05, 4.69) is 4.74 Å². The first-order chi connectivity index (χ1) is 8.15. The summed E-state index contributed by atoms with van der Waals surface area (Å²) < 4.78 is 41.7. The lowest BCUT2D eigenvalue weighted by Crippen LogP contribution is -2.29. The van der Waals surface area contributed by atoms with Gasteiger partial charge in [-0.05, 0) is 63.2 Å². The molecular weight excluding hydrogens is 229 g/mol. The van der Waals surface area contributed by atoms with E-state index < -0.39 is 12.8 Å². The number of hydrogen-bond donors (Lipinski definition) is 0. The van der Waals surface area contributed by atoms with Crippen LogP contribution in [0.2, 0.25) is 0 Å². The van der Waals surface area contributed by atoms with Gasteiger partial charge in [0.05, 0.1) is 6.10 Å². The van der Waals surface area contributed by atoms with Gasteiger partial charge in [0.1, 0.15) is 6.17 Å². The fourth-order valence-corrected chi connectivity index (χ4v) is 3.39. The Morgan fingerprint density at radius 1 is 0.765 bits per heavy atom. The van der Waals surface area contributed by atoms with Gasteiger partial charge in [-0.15, -0.1) is 0 Å². The van der Waals surface area contributed by atoms with Crippen molar-refractivity contribution in [2.75, 3.05) is 0 Å². The summed E-state index contributed by atoms with van der Waals surface area (Å²) in [4.78, 5) is 0. The number of hydrogen-bond acceptors (Lipinski definition) is 1. The highest BCUT2D eigenvalue weighted by atomic mass is 19.3. The minimum atomic E-state index is -2.64. The third-order valence-corrected chi connectivity index (χ3v) is 4.38. The maximum atomic E-state index is 13.0. The number of ether oxygens (including phenoxy) is 1. The van der Waals surface area contributed by atoms with Crippen LogP contribution in [0.3, 0.4) is 0 Å². The van der Waals surface area contributed by atoms with E-state index in [0.717, 1.165) is 38.5 Å². The molecule has 4 heteroatoms. The highest BCUT2D eigenvalue weighted by Gasteiger charge is 2.31. The van der Waals surface area contributed by atoms with Crippen LogP contribution in [0.15, 0.2) is 0 Å². The van der Waals surface area contributed by atoms with E-state index in [4.69, 9.17) is 0 Å². The van der Waals surface area contributed by atoms with Gasteiger partial charge < -0.3 is 4.74 Å². The summed E-state index contributed by atoms with van der Waals surface area (Å²) in [5.74, 6) is 1.23. The van der Waals surface area contributed by atoms with Crippen molar-refractivity contribution in [2.45, 2.75) is 70.3 Å². The van der Waals surface area contributed by atoms with Crippen LogP contribution in [0.4, 0.5) is 13.2 Å². The first-order valence-electron chi connectivity index (χ1n) is 6.73. The normalized spacial score (nSPS) is 39.5. The van der Waals surface area contributed by atoms with Crippen molar-refractivity contribution in [2.24, 2.45) is 11.8 Å². The van der Waals surface area contributed by atoms with Gasteiger partial charge in [0.2, 0.25) is 0 Å². The Morgan fingerprint density at radius 3 is 1.71 bits per heavy atom. The van der Waals surface area contributed by atoms with Gasteiger partial charge in [0, 0.05) is 0 Å². The summed E-state index contributed by atoms with van der Waals surface area (Å²) >= 11 is 0. The molecule has 0 N–H and O–H groups in total. The second-order valence-corrected chi connectivity index (χ2v) is 5.45. The average Bonchev–Trinajstić information content (AvgIpc) is 2.30. The maximum absolute atomic E-state index is 13.0. The van der Waals surface area contributed by atoms with Crippen molar-refractivity contribution in [3.8, 4) is 0 Å². The molecule has 0 heterocycles. The summed E-state index contributed by atoms with van der Waals surface area (Å²) in [6.07, 6.45) is 5.90. The summed E-state index contributed by atoms with van der Waals surface area (Å²) in [6.45, 7) is -2.64. The quantitative estimate of drug-likeness (QED) is 0.725. The summed E-state index contributed by atoms with van der Waals surface area (Å²) in [5.41, 5.74) is 0. The van der Waals surface area contributed by atoms with Gasteiger partial charge in [-0.1, -0.05) is 0 Å². The van der Waals surface area contributed by atoms with Crippen LogP contribution in [0.1, 0.15) is 51.4 Å². The Balaban J connectivity index is 1.71. The average molecular weight is 250 g/mol. The van der Waals surface area contributed by atoms with Crippen LogP contribution in [0, 0.1) is 11.8 Å². The summed E-state index contributed by atoms with van der Waals surface area (Å²) in [6, 6.07) is 0. The molecule has 0 unspecified atom stereocenters. The van der Waals surface area contributed by atoms with Gasteiger partial charge in [0.15, 0.2) is 0 Å². The van der Waals surface area contributed by atoms with E-state index in [1.165, 1.54) is 0 Å². The molecule has 0 amide bonds. The van der Waals surface area contributed by atoms with E-state index >= 15 is 0 Å². The molecule has 0 spiro atoms. The Labute approximate surface area is 101 Å². The fourth-order valence-electron chi connectivity index (χ4n) is 3.39. The van der Waals surface area contributed by atoms with Gasteiger partial charge >= 0.3 is 6.61 Å². The standard InChI is InChI=1S/C13H21F3O/c14-11-5-1-9(2-6-11)10-3-7-12(8-4-10)17-13(15)16/h9-13H,1-8H2. The van der Waals surface area contributed by atoms with Crippen LogP contribution in [-0.2, 0) is 4.74 Å². The zero-order valence-corrected chi connectivity index (χ0v) is 10.1. The lowest BCUT2D eigenvalue weighted by molar-refractivity contribution is -0.172. The molecule has 2 saturated carbocycles. The number of alkyl halides is 3. The predicted molar refractivity (Wildman–Crippen MR) is 59.7 cm³/mol. The lowest BCUT2D eigenvalue weighted by atomic mass is 9.72. The van der Waals surface area contributed by atoms with Gasteiger partial charge in [-0.3, -0.25) is 0 Å². The van der Waals surface area contributed by atoms with Crippen molar-refractivity contribution < 1.29 is 17.9 Å². The molecule has 2 rings (SSSR count). The van der Waals surface area contributed by atoms with Gasteiger partial charge in [-0.25, -0.2) is 4.39 Å². The zero-order valence-electron chi connectivity index (χ0n) is 10.1. The molecule has 0 radical (unpaired) electrons.